The molecule has 2 aromatic rings. The Morgan fingerprint density at radius 2 is 1.89 bits per heavy atom. The van der Waals surface area contributed by atoms with Crippen molar-refractivity contribution in [1.82, 2.24) is 25.2 Å². The predicted molar refractivity (Wildman–Crippen MR) is 101 cm³/mol. The second-order valence-electron chi connectivity index (χ2n) is 6.65. The van der Waals surface area contributed by atoms with Crippen LogP contribution in [-0.2, 0) is 26.0 Å². The van der Waals surface area contributed by atoms with Crippen molar-refractivity contribution in [2.45, 2.75) is 25.9 Å². The number of hydrogen-bond acceptors (Lipinski definition) is 7. The molecule has 10 nitrogen and oxygen atoms in total. The van der Waals surface area contributed by atoms with E-state index in [4.69, 9.17) is 0 Å². The van der Waals surface area contributed by atoms with Gasteiger partial charge in [-0.1, -0.05) is 17.3 Å². The molecule has 0 radical (unpaired) electrons. The van der Waals surface area contributed by atoms with Crippen LogP contribution in [0, 0.1) is 0 Å². The highest BCUT2D eigenvalue weighted by Crippen LogP contribution is 2.06. The summed E-state index contributed by atoms with van der Waals surface area (Å²) < 4.78 is 24.0. The first kappa shape index (κ1) is 19.9. The number of fused-ring (bicyclic) bond motifs is 1. The van der Waals surface area contributed by atoms with Crippen LogP contribution in [-0.4, -0.2) is 70.8 Å². The summed E-state index contributed by atoms with van der Waals surface area (Å²) >= 11 is 0. The average molecular weight is 407 g/mol. The molecule has 1 aromatic heterocycles. The SMILES string of the molecule is CC(NC(=O)CCn1nnc2ccccc2c1=O)C(=O)N1CCS(=O)(=O)CC1. The number of nitrogens with one attached hydrogen (secondary N) is 1. The molecule has 1 saturated heterocycles. The number of aromatic nitrogens is 3. The molecule has 1 aliphatic rings. The Hall–Kier alpha value is -2.82. The molecule has 1 N–H and O–H groups in total. The molecule has 1 atom stereocenters. The van der Waals surface area contributed by atoms with Gasteiger partial charge in [-0.2, -0.15) is 0 Å². The van der Waals surface area contributed by atoms with E-state index in [2.05, 4.69) is 15.6 Å². The molecular formula is C17H21N5O5S. The maximum Gasteiger partial charge on any atom is 0.277 e. The molecule has 2 amide bonds. The van der Waals surface area contributed by atoms with Crippen LogP contribution in [0.25, 0.3) is 10.9 Å². The van der Waals surface area contributed by atoms with E-state index in [0.717, 1.165) is 4.68 Å². The van der Waals surface area contributed by atoms with E-state index in [9.17, 15) is 22.8 Å². The first-order valence-corrected chi connectivity index (χ1v) is 10.7. The second-order valence-corrected chi connectivity index (χ2v) is 8.95. The van der Waals surface area contributed by atoms with Crippen LogP contribution in [0.3, 0.4) is 0 Å². The summed E-state index contributed by atoms with van der Waals surface area (Å²) in [7, 11) is -3.08. The number of hydrogen-bond donors (Lipinski definition) is 1. The zero-order valence-corrected chi connectivity index (χ0v) is 16.2. The highest BCUT2D eigenvalue weighted by atomic mass is 32.2. The molecule has 0 spiro atoms. The zero-order valence-electron chi connectivity index (χ0n) is 15.4. The van der Waals surface area contributed by atoms with Crippen LogP contribution in [0.1, 0.15) is 13.3 Å². The van der Waals surface area contributed by atoms with Crippen LogP contribution in [0.4, 0.5) is 0 Å². The summed E-state index contributed by atoms with van der Waals surface area (Å²) in [5.74, 6) is -0.871. The van der Waals surface area contributed by atoms with E-state index in [1.165, 1.54) is 4.90 Å². The van der Waals surface area contributed by atoms with E-state index in [1.807, 2.05) is 0 Å². The van der Waals surface area contributed by atoms with Gasteiger partial charge in [0.05, 0.1) is 23.4 Å². The molecule has 1 unspecified atom stereocenters. The lowest BCUT2D eigenvalue weighted by Gasteiger charge is -2.29. The predicted octanol–water partition coefficient (Wildman–Crippen LogP) is -1.06. The highest BCUT2D eigenvalue weighted by Gasteiger charge is 2.28. The number of amides is 2. The largest absolute Gasteiger partial charge is 0.345 e. The van der Waals surface area contributed by atoms with Gasteiger partial charge in [-0.25, -0.2) is 13.1 Å². The van der Waals surface area contributed by atoms with Gasteiger partial charge < -0.3 is 10.2 Å². The Morgan fingerprint density at radius 1 is 1.21 bits per heavy atom. The second kappa shape index (κ2) is 8.05. The van der Waals surface area contributed by atoms with Crippen molar-refractivity contribution in [3.8, 4) is 0 Å². The molecular weight excluding hydrogens is 386 g/mol. The van der Waals surface area contributed by atoms with E-state index in [1.54, 1.807) is 31.2 Å². The third kappa shape index (κ3) is 4.53. The van der Waals surface area contributed by atoms with Gasteiger partial charge in [0.1, 0.15) is 11.6 Å². The number of nitrogens with zero attached hydrogens (tertiary/aromatic N) is 4. The molecule has 1 aliphatic heterocycles. The summed E-state index contributed by atoms with van der Waals surface area (Å²) in [5.41, 5.74) is 0.146. The zero-order chi connectivity index (χ0) is 20.3. The first-order chi connectivity index (χ1) is 13.3. The summed E-state index contributed by atoms with van der Waals surface area (Å²) in [4.78, 5) is 38.3. The molecule has 150 valence electrons. The molecule has 3 rings (SSSR count). The third-order valence-corrected chi connectivity index (χ3v) is 6.19. The maximum absolute atomic E-state index is 12.4. The number of aryl methyl sites for hydroxylation is 1. The van der Waals surface area contributed by atoms with Crippen LogP contribution < -0.4 is 10.9 Å². The first-order valence-electron chi connectivity index (χ1n) is 8.88. The maximum atomic E-state index is 12.4. The molecule has 1 fully saturated rings. The molecule has 1 aromatic carbocycles. The smallest absolute Gasteiger partial charge is 0.277 e. The summed E-state index contributed by atoms with van der Waals surface area (Å²) in [6.45, 7) is 1.84. The molecule has 0 saturated carbocycles. The number of rotatable bonds is 5. The Kier molecular flexibility index (Phi) is 5.73. The minimum Gasteiger partial charge on any atom is -0.345 e. The Balaban J connectivity index is 1.55. The minimum atomic E-state index is -3.08. The Bertz CT molecular complexity index is 1050. The Morgan fingerprint density at radius 3 is 2.61 bits per heavy atom. The van der Waals surface area contributed by atoms with E-state index in [0.29, 0.717) is 10.9 Å². The van der Waals surface area contributed by atoms with Crippen molar-refractivity contribution in [3.63, 3.8) is 0 Å². The van der Waals surface area contributed by atoms with Gasteiger partial charge in [-0.05, 0) is 19.1 Å². The molecule has 11 heteroatoms. The van der Waals surface area contributed by atoms with Gasteiger partial charge in [0.25, 0.3) is 5.56 Å². The summed E-state index contributed by atoms with van der Waals surface area (Å²) in [5, 5.41) is 10.8. The normalized spacial score (nSPS) is 17.2. The van der Waals surface area contributed by atoms with Gasteiger partial charge in [0.15, 0.2) is 9.84 Å². The van der Waals surface area contributed by atoms with Crippen LogP contribution in [0.5, 0.6) is 0 Å². The molecule has 28 heavy (non-hydrogen) atoms. The van der Waals surface area contributed by atoms with Crippen LogP contribution in [0.15, 0.2) is 29.1 Å². The van der Waals surface area contributed by atoms with Gasteiger partial charge in [-0.3, -0.25) is 14.4 Å². The highest BCUT2D eigenvalue weighted by molar-refractivity contribution is 7.91. The lowest BCUT2D eigenvalue weighted by molar-refractivity contribution is -0.135. The summed E-state index contributed by atoms with van der Waals surface area (Å²) in [6, 6.07) is 6.02. The van der Waals surface area contributed by atoms with Crippen molar-refractivity contribution in [2.24, 2.45) is 0 Å². The van der Waals surface area contributed by atoms with Gasteiger partial charge >= 0.3 is 0 Å². The van der Waals surface area contributed by atoms with Crippen molar-refractivity contribution < 1.29 is 18.0 Å². The minimum absolute atomic E-state index is 0.0331. The van der Waals surface area contributed by atoms with Crippen LogP contribution in [0.2, 0.25) is 0 Å². The van der Waals surface area contributed by atoms with Crippen molar-refractivity contribution in [2.75, 3.05) is 24.6 Å². The quantitative estimate of drug-likeness (QED) is 0.668. The molecule has 0 aliphatic carbocycles. The van der Waals surface area contributed by atoms with Crippen molar-refractivity contribution in [1.29, 1.82) is 0 Å². The van der Waals surface area contributed by atoms with E-state index >= 15 is 0 Å². The molecule has 2 heterocycles. The van der Waals surface area contributed by atoms with Crippen molar-refractivity contribution in [3.05, 3.63) is 34.6 Å². The lowest BCUT2D eigenvalue weighted by atomic mass is 10.2. The summed E-state index contributed by atoms with van der Waals surface area (Å²) in [6.07, 6.45) is -0.0427. The van der Waals surface area contributed by atoms with Gasteiger partial charge in [0, 0.05) is 19.5 Å². The number of sulfone groups is 1. The number of carbonyl (C=O) groups excluding carboxylic acids is 2. The number of benzene rings is 1. The van der Waals surface area contributed by atoms with Crippen molar-refractivity contribution >= 4 is 32.6 Å². The fourth-order valence-electron chi connectivity index (χ4n) is 2.96. The number of carbonyl (C=O) groups is 2. The topological polar surface area (TPSA) is 131 Å². The molecule has 0 bridgehead atoms. The van der Waals surface area contributed by atoms with E-state index in [-0.39, 0.29) is 49.0 Å². The van der Waals surface area contributed by atoms with Gasteiger partial charge in [0.2, 0.25) is 11.8 Å². The Labute approximate surface area is 161 Å². The lowest BCUT2D eigenvalue weighted by Crippen LogP contribution is -2.51. The monoisotopic (exact) mass is 407 g/mol. The average Bonchev–Trinajstić information content (AvgIpc) is 2.67. The third-order valence-electron chi connectivity index (χ3n) is 4.58. The fraction of sp³-hybridized carbons (Fsp3) is 0.471. The van der Waals surface area contributed by atoms with Crippen LogP contribution >= 0.6 is 0 Å². The van der Waals surface area contributed by atoms with E-state index < -0.39 is 21.8 Å². The standard InChI is InChI=1S/C17H21N5O5S/c1-12(16(24)21-8-10-28(26,27)11-9-21)18-15(23)6-7-22-17(25)13-4-2-3-5-14(13)19-20-22/h2-5,12H,6-11H2,1H3,(H,18,23). The van der Waals surface area contributed by atoms with Gasteiger partial charge in [-0.15, -0.1) is 5.10 Å². The fourth-order valence-corrected chi connectivity index (χ4v) is 4.16.